The number of morpholine rings is 1. The zero-order valence-corrected chi connectivity index (χ0v) is 16.9. The molecule has 1 aromatic carbocycles. The van der Waals surface area contributed by atoms with Gasteiger partial charge in [0, 0.05) is 25.7 Å². The minimum Gasteiger partial charge on any atom is -0.378 e. The summed E-state index contributed by atoms with van der Waals surface area (Å²) < 4.78 is 6.50. The van der Waals surface area contributed by atoms with E-state index in [0.717, 1.165) is 36.1 Å². The SMILES string of the molecule is C.O=c1[nH]c(N2CCOCC2)nc(NC2CCCNC2)c1-c1nc2ccccc2s1. The first kappa shape index (κ1) is 20.8. The fourth-order valence-corrected chi connectivity index (χ4v) is 4.85. The third-order valence-corrected chi connectivity index (χ3v) is 6.42. The van der Waals surface area contributed by atoms with E-state index in [9.17, 15) is 4.79 Å². The Morgan fingerprint density at radius 3 is 2.80 bits per heavy atom. The molecule has 2 aliphatic rings. The molecule has 8 nitrogen and oxygen atoms in total. The molecule has 0 amide bonds. The van der Waals surface area contributed by atoms with Crippen LogP contribution in [0.25, 0.3) is 20.8 Å². The highest BCUT2D eigenvalue weighted by atomic mass is 32.1. The van der Waals surface area contributed by atoms with Crippen molar-refractivity contribution in [1.29, 1.82) is 0 Å². The van der Waals surface area contributed by atoms with Crippen molar-refractivity contribution >= 4 is 33.3 Å². The van der Waals surface area contributed by atoms with E-state index >= 15 is 0 Å². The molecule has 3 N–H and O–H groups in total. The molecule has 1 unspecified atom stereocenters. The van der Waals surface area contributed by atoms with Gasteiger partial charge in [-0.05, 0) is 31.5 Å². The molecule has 9 heteroatoms. The predicted molar refractivity (Wildman–Crippen MR) is 123 cm³/mol. The highest BCUT2D eigenvalue weighted by Gasteiger charge is 2.23. The van der Waals surface area contributed by atoms with Crippen LogP contribution in [0, 0.1) is 0 Å². The fourth-order valence-electron chi connectivity index (χ4n) is 3.84. The molecule has 2 fully saturated rings. The van der Waals surface area contributed by atoms with Gasteiger partial charge in [0.2, 0.25) is 5.95 Å². The number of benzene rings is 1. The number of hydrogen-bond acceptors (Lipinski definition) is 8. The second kappa shape index (κ2) is 9.11. The second-order valence-electron chi connectivity index (χ2n) is 7.39. The van der Waals surface area contributed by atoms with Crippen molar-refractivity contribution < 1.29 is 4.74 Å². The van der Waals surface area contributed by atoms with Crippen LogP contribution in [0.1, 0.15) is 20.3 Å². The van der Waals surface area contributed by atoms with Crippen molar-refractivity contribution in [3.8, 4) is 10.6 Å². The fraction of sp³-hybridized carbons (Fsp3) is 0.476. The summed E-state index contributed by atoms with van der Waals surface area (Å²) in [5, 5.41) is 7.63. The van der Waals surface area contributed by atoms with E-state index in [4.69, 9.17) is 14.7 Å². The van der Waals surface area contributed by atoms with Gasteiger partial charge < -0.3 is 20.3 Å². The third kappa shape index (κ3) is 4.19. The van der Waals surface area contributed by atoms with Gasteiger partial charge in [0.1, 0.15) is 16.4 Å². The van der Waals surface area contributed by atoms with Gasteiger partial charge in [-0.15, -0.1) is 11.3 Å². The highest BCUT2D eigenvalue weighted by molar-refractivity contribution is 7.21. The minimum absolute atomic E-state index is 0. The monoisotopic (exact) mass is 428 g/mol. The Morgan fingerprint density at radius 1 is 1.20 bits per heavy atom. The van der Waals surface area contributed by atoms with Crippen LogP contribution in [0.4, 0.5) is 11.8 Å². The van der Waals surface area contributed by atoms with Gasteiger partial charge in [0.05, 0.1) is 23.4 Å². The van der Waals surface area contributed by atoms with Crippen molar-refractivity contribution in [2.45, 2.75) is 26.3 Å². The Hall–Kier alpha value is -2.49. The van der Waals surface area contributed by atoms with E-state index in [1.165, 1.54) is 11.3 Å². The number of nitrogens with zero attached hydrogens (tertiary/aromatic N) is 3. The Balaban J connectivity index is 0.00000218. The summed E-state index contributed by atoms with van der Waals surface area (Å²) in [6, 6.07) is 8.18. The van der Waals surface area contributed by atoms with E-state index in [-0.39, 0.29) is 19.0 Å². The predicted octanol–water partition coefficient (Wildman–Crippen LogP) is 2.68. The van der Waals surface area contributed by atoms with E-state index in [1.807, 2.05) is 24.3 Å². The molecular formula is C21H28N6O2S. The minimum atomic E-state index is -0.160. The van der Waals surface area contributed by atoms with Crippen LogP contribution in [0.15, 0.2) is 29.1 Å². The van der Waals surface area contributed by atoms with Crippen LogP contribution in [-0.2, 0) is 4.74 Å². The van der Waals surface area contributed by atoms with Crippen molar-refractivity contribution in [2.75, 3.05) is 49.6 Å². The van der Waals surface area contributed by atoms with Gasteiger partial charge in [-0.3, -0.25) is 9.78 Å². The van der Waals surface area contributed by atoms with E-state index in [1.54, 1.807) is 0 Å². The quantitative estimate of drug-likeness (QED) is 0.588. The molecule has 0 aliphatic carbocycles. The molecule has 160 valence electrons. The first-order valence-electron chi connectivity index (χ1n) is 10.1. The molecule has 2 aliphatic heterocycles. The first-order valence-corrected chi connectivity index (χ1v) is 10.9. The number of H-pyrrole nitrogens is 1. The molecule has 4 heterocycles. The molecule has 0 saturated carbocycles. The molecule has 30 heavy (non-hydrogen) atoms. The van der Waals surface area contributed by atoms with Gasteiger partial charge in [0.15, 0.2) is 0 Å². The van der Waals surface area contributed by atoms with Gasteiger partial charge in [0.25, 0.3) is 5.56 Å². The topological polar surface area (TPSA) is 95.2 Å². The standard InChI is InChI=1S/C20H24N6O2S.CH4/c27-18-16(19-23-14-5-1-2-6-15(14)29-19)17(22-13-4-3-7-21-12-13)24-20(25-18)26-8-10-28-11-9-26;/h1-2,5-6,13,21H,3-4,7-12H2,(H2,22,24,25,27);1H4. The largest absolute Gasteiger partial charge is 0.378 e. The summed E-state index contributed by atoms with van der Waals surface area (Å²) in [5.41, 5.74) is 1.26. The van der Waals surface area contributed by atoms with Crippen molar-refractivity contribution in [3.05, 3.63) is 34.6 Å². The van der Waals surface area contributed by atoms with Crippen LogP contribution < -0.4 is 21.1 Å². The van der Waals surface area contributed by atoms with Crippen LogP contribution in [-0.4, -0.2) is 60.4 Å². The Kier molecular flexibility index (Phi) is 6.31. The zero-order chi connectivity index (χ0) is 19.6. The van der Waals surface area contributed by atoms with Crippen LogP contribution >= 0.6 is 11.3 Å². The average Bonchev–Trinajstić information content (AvgIpc) is 3.18. The summed E-state index contributed by atoms with van der Waals surface area (Å²) in [5.74, 6) is 1.21. The molecule has 0 spiro atoms. The molecule has 0 bridgehead atoms. The average molecular weight is 429 g/mol. The van der Waals surface area contributed by atoms with E-state index in [2.05, 4.69) is 20.5 Å². The lowest BCUT2D eigenvalue weighted by Crippen LogP contribution is -2.40. The lowest BCUT2D eigenvalue weighted by Gasteiger charge is -2.29. The number of fused-ring (bicyclic) bond motifs is 1. The van der Waals surface area contributed by atoms with Crippen molar-refractivity contribution in [3.63, 3.8) is 0 Å². The Morgan fingerprint density at radius 2 is 2.03 bits per heavy atom. The number of thiazole rings is 1. The van der Waals surface area contributed by atoms with Crippen LogP contribution in [0.2, 0.25) is 0 Å². The molecule has 2 saturated heterocycles. The number of aromatic nitrogens is 3. The second-order valence-corrected chi connectivity index (χ2v) is 8.42. The number of ether oxygens (including phenoxy) is 1. The molecule has 1 atom stereocenters. The number of aromatic amines is 1. The van der Waals surface area contributed by atoms with Gasteiger partial charge >= 0.3 is 0 Å². The lowest BCUT2D eigenvalue weighted by atomic mass is 10.1. The van der Waals surface area contributed by atoms with E-state index in [0.29, 0.717) is 48.6 Å². The van der Waals surface area contributed by atoms with Gasteiger partial charge in [-0.25, -0.2) is 4.98 Å². The maximum Gasteiger partial charge on any atom is 0.264 e. The molecule has 2 aromatic heterocycles. The van der Waals surface area contributed by atoms with Crippen LogP contribution in [0.5, 0.6) is 0 Å². The Bertz CT molecular complexity index is 1020. The number of nitrogens with one attached hydrogen (secondary N) is 3. The maximum absolute atomic E-state index is 13.2. The van der Waals surface area contributed by atoms with Gasteiger partial charge in [-0.2, -0.15) is 4.98 Å². The normalized spacial score (nSPS) is 19.5. The summed E-state index contributed by atoms with van der Waals surface area (Å²) in [6.07, 6.45) is 2.15. The molecule has 5 rings (SSSR count). The molecule has 3 aromatic rings. The summed E-state index contributed by atoms with van der Waals surface area (Å²) in [4.78, 5) is 27.8. The number of anilines is 2. The highest BCUT2D eigenvalue weighted by Crippen LogP contribution is 2.32. The summed E-state index contributed by atoms with van der Waals surface area (Å²) in [7, 11) is 0. The van der Waals surface area contributed by atoms with Gasteiger partial charge in [-0.1, -0.05) is 19.6 Å². The van der Waals surface area contributed by atoms with E-state index < -0.39 is 0 Å². The maximum atomic E-state index is 13.2. The lowest BCUT2D eigenvalue weighted by molar-refractivity contribution is 0.122. The third-order valence-electron chi connectivity index (χ3n) is 5.36. The molecular weight excluding hydrogens is 400 g/mol. The molecule has 0 radical (unpaired) electrons. The van der Waals surface area contributed by atoms with Crippen LogP contribution in [0.3, 0.4) is 0 Å². The first-order chi connectivity index (χ1) is 14.3. The summed E-state index contributed by atoms with van der Waals surface area (Å²) in [6.45, 7) is 4.60. The van der Waals surface area contributed by atoms with Crippen molar-refractivity contribution in [1.82, 2.24) is 20.3 Å². The number of rotatable bonds is 4. The Labute approximate surface area is 179 Å². The number of para-hydroxylation sites is 1. The smallest absolute Gasteiger partial charge is 0.264 e. The summed E-state index contributed by atoms with van der Waals surface area (Å²) >= 11 is 1.52. The number of hydrogen-bond donors (Lipinski definition) is 3. The zero-order valence-electron chi connectivity index (χ0n) is 16.1. The van der Waals surface area contributed by atoms with Crippen molar-refractivity contribution in [2.24, 2.45) is 0 Å². The number of piperidine rings is 1.